The van der Waals surface area contributed by atoms with E-state index in [9.17, 15) is 22.0 Å². The highest BCUT2D eigenvalue weighted by molar-refractivity contribution is 7.91. The highest BCUT2D eigenvalue weighted by Crippen LogP contribution is 2.38. The van der Waals surface area contributed by atoms with E-state index in [1.807, 2.05) is 0 Å². The first kappa shape index (κ1) is 17.5. The molecule has 0 spiro atoms. The Labute approximate surface area is 149 Å². The van der Waals surface area contributed by atoms with Crippen molar-refractivity contribution in [2.45, 2.75) is 6.10 Å². The summed E-state index contributed by atoms with van der Waals surface area (Å²) in [6.45, 7) is 0.217. The number of cyclic esters (lactones) is 1. The molecule has 0 saturated carbocycles. The Balaban J connectivity index is 1.57. The summed E-state index contributed by atoms with van der Waals surface area (Å²) >= 11 is 0. The molecule has 3 atom stereocenters. The van der Waals surface area contributed by atoms with E-state index in [-0.39, 0.29) is 61.0 Å². The third-order valence-electron chi connectivity index (χ3n) is 5.22. The smallest absolute Gasteiger partial charge is 0.414 e. The molecule has 0 aliphatic carbocycles. The molecular weight excluding hydrogens is 370 g/mol. The molecule has 0 bridgehead atoms. The molecule has 142 valence electrons. The molecule has 26 heavy (non-hydrogen) atoms. The van der Waals surface area contributed by atoms with E-state index in [0.29, 0.717) is 0 Å². The number of amides is 1. The molecule has 7 nitrogen and oxygen atoms in total. The van der Waals surface area contributed by atoms with Crippen LogP contribution in [0.25, 0.3) is 0 Å². The van der Waals surface area contributed by atoms with Crippen molar-refractivity contribution < 1.29 is 31.8 Å². The Hall–Kier alpha value is -1.94. The maximum atomic E-state index is 14.6. The van der Waals surface area contributed by atoms with Crippen LogP contribution in [0.2, 0.25) is 0 Å². The monoisotopic (exact) mass is 388 g/mol. The van der Waals surface area contributed by atoms with E-state index in [2.05, 4.69) is 0 Å². The van der Waals surface area contributed by atoms with Gasteiger partial charge >= 0.3 is 6.09 Å². The van der Waals surface area contributed by atoms with Crippen LogP contribution < -0.4 is 9.80 Å². The van der Waals surface area contributed by atoms with Crippen LogP contribution in [0.5, 0.6) is 0 Å². The van der Waals surface area contributed by atoms with Gasteiger partial charge in [0, 0.05) is 25.2 Å². The largest absolute Gasteiger partial charge is 0.441 e. The van der Waals surface area contributed by atoms with E-state index in [1.165, 1.54) is 4.90 Å². The lowest BCUT2D eigenvalue weighted by molar-refractivity contribution is 0.0963. The zero-order valence-electron chi connectivity index (χ0n) is 13.8. The van der Waals surface area contributed by atoms with E-state index >= 15 is 0 Å². The molecule has 1 aromatic rings. The van der Waals surface area contributed by atoms with Gasteiger partial charge in [-0.1, -0.05) is 0 Å². The van der Waals surface area contributed by atoms with Crippen LogP contribution in [0, 0.1) is 23.5 Å². The lowest BCUT2D eigenvalue weighted by atomic mass is 10.0. The maximum Gasteiger partial charge on any atom is 0.414 e. The summed E-state index contributed by atoms with van der Waals surface area (Å²) in [5.74, 6) is -1.75. The van der Waals surface area contributed by atoms with Crippen LogP contribution in [0.15, 0.2) is 12.1 Å². The topological polar surface area (TPSA) is 87.2 Å². The summed E-state index contributed by atoms with van der Waals surface area (Å²) in [4.78, 5) is 14.4. The molecule has 3 aliphatic rings. The van der Waals surface area contributed by atoms with Gasteiger partial charge in [0.25, 0.3) is 0 Å². The molecule has 4 rings (SSSR count). The molecule has 3 saturated heterocycles. The number of carbonyl (C=O) groups excluding carboxylic acids is 1. The Morgan fingerprint density at radius 1 is 1.12 bits per heavy atom. The number of ether oxygens (including phenoxy) is 1. The molecular formula is C16H18F2N2O5S. The van der Waals surface area contributed by atoms with E-state index in [4.69, 9.17) is 9.84 Å². The number of aliphatic hydroxyl groups is 1. The molecule has 2 unspecified atom stereocenters. The summed E-state index contributed by atoms with van der Waals surface area (Å²) in [7, 11) is -3.06. The van der Waals surface area contributed by atoms with E-state index < -0.39 is 33.7 Å². The number of anilines is 2. The average molecular weight is 388 g/mol. The average Bonchev–Trinajstić information content (AvgIpc) is 3.16. The van der Waals surface area contributed by atoms with Gasteiger partial charge in [-0.25, -0.2) is 22.0 Å². The SMILES string of the molecule is O=C1O[C@@H](CO)CN1c1cc(F)c(N2CC3CS(=O)(=O)CC3C2)c(F)c1. The molecule has 10 heteroatoms. The Morgan fingerprint density at radius 3 is 2.19 bits per heavy atom. The Bertz CT molecular complexity index is 819. The zero-order valence-corrected chi connectivity index (χ0v) is 14.6. The summed E-state index contributed by atoms with van der Waals surface area (Å²) in [5, 5.41) is 9.06. The minimum atomic E-state index is -3.06. The molecule has 1 amide bonds. The van der Waals surface area contributed by atoms with Crippen LogP contribution >= 0.6 is 0 Å². The molecule has 1 aromatic carbocycles. The van der Waals surface area contributed by atoms with Gasteiger partial charge < -0.3 is 14.7 Å². The minimum Gasteiger partial charge on any atom is -0.441 e. The first-order chi connectivity index (χ1) is 12.3. The number of halogens is 2. The number of benzene rings is 1. The molecule has 3 aliphatic heterocycles. The summed E-state index contributed by atoms with van der Waals surface area (Å²) < 4.78 is 57.4. The minimum absolute atomic E-state index is 0.0132. The second kappa shape index (κ2) is 6.05. The fourth-order valence-corrected chi connectivity index (χ4v) is 6.25. The van der Waals surface area contributed by atoms with Crippen LogP contribution in [-0.2, 0) is 14.6 Å². The fraction of sp³-hybridized carbons (Fsp3) is 0.562. The van der Waals surface area contributed by atoms with E-state index in [0.717, 1.165) is 17.0 Å². The van der Waals surface area contributed by atoms with E-state index in [1.54, 1.807) is 0 Å². The van der Waals surface area contributed by atoms with Crippen molar-refractivity contribution in [1.82, 2.24) is 0 Å². The summed E-state index contributed by atoms with van der Waals surface area (Å²) in [6.07, 6.45) is -1.50. The van der Waals surface area contributed by atoms with Crippen molar-refractivity contribution in [3.63, 3.8) is 0 Å². The lowest BCUT2D eigenvalue weighted by Crippen LogP contribution is -2.28. The second-order valence-electron chi connectivity index (χ2n) is 7.06. The first-order valence-electron chi connectivity index (χ1n) is 8.31. The van der Waals surface area contributed by atoms with Crippen molar-refractivity contribution in [1.29, 1.82) is 0 Å². The maximum absolute atomic E-state index is 14.6. The highest BCUT2D eigenvalue weighted by atomic mass is 32.2. The van der Waals surface area contributed by atoms with Gasteiger partial charge in [-0.3, -0.25) is 4.90 Å². The summed E-state index contributed by atoms with van der Waals surface area (Å²) in [6, 6.07) is 2.12. The van der Waals surface area contributed by atoms with Crippen molar-refractivity contribution in [2.24, 2.45) is 11.8 Å². The van der Waals surface area contributed by atoms with Crippen molar-refractivity contribution in [3.8, 4) is 0 Å². The Kier molecular flexibility index (Phi) is 4.07. The molecule has 1 N–H and O–H groups in total. The van der Waals surface area contributed by atoms with Crippen LogP contribution in [0.3, 0.4) is 0 Å². The zero-order chi connectivity index (χ0) is 18.6. The van der Waals surface area contributed by atoms with Gasteiger partial charge in [0.15, 0.2) is 21.5 Å². The van der Waals surface area contributed by atoms with Crippen LogP contribution in [0.4, 0.5) is 25.0 Å². The summed E-state index contributed by atoms with van der Waals surface area (Å²) in [5.41, 5.74) is -0.182. The van der Waals surface area contributed by atoms with Gasteiger partial charge in [0.05, 0.1) is 30.3 Å². The Morgan fingerprint density at radius 2 is 1.69 bits per heavy atom. The van der Waals surface area contributed by atoms with Gasteiger partial charge in [0.1, 0.15) is 11.8 Å². The number of carbonyl (C=O) groups is 1. The lowest BCUT2D eigenvalue weighted by Gasteiger charge is -2.22. The van der Waals surface area contributed by atoms with Crippen molar-refractivity contribution >= 4 is 27.3 Å². The number of fused-ring (bicyclic) bond motifs is 1. The van der Waals surface area contributed by atoms with Gasteiger partial charge in [-0.2, -0.15) is 0 Å². The quantitative estimate of drug-likeness (QED) is 0.823. The fourth-order valence-electron chi connectivity index (χ4n) is 4.06. The second-order valence-corrected chi connectivity index (χ2v) is 9.21. The predicted molar refractivity (Wildman–Crippen MR) is 88.9 cm³/mol. The van der Waals surface area contributed by atoms with Gasteiger partial charge in [0.2, 0.25) is 0 Å². The number of hydrogen-bond donors (Lipinski definition) is 1. The third kappa shape index (κ3) is 2.90. The first-order valence-corrected chi connectivity index (χ1v) is 10.1. The highest BCUT2D eigenvalue weighted by Gasteiger charge is 2.45. The number of sulfone groups is 1. The third-order valence-corrected chi connectivity index (χ3v) is 7.09. The van der Waals surface area contributed by atoms with Crippen LogP contribution in [0.1, 0.15) is 0 Å². The normalized spacial score (nSPS) is 30.0. The van der Waals surface area contributed by atoms with Crippen molar-refractivity contribution in [3.05, 3.63) is 23.8 Å². The molecule has 3 heterocycles. The number of nitrogens with zero attached hydrogens (tertiary/aromatic N) is 2. The molecule has 0 radical (unpaired) electrons. The number of aliphatic hydroxyl groups excluding tert-OH is 1. The van der Waals surface area contributed by atoms with Gasteiger partial charge in [-0.05, 0) is 11.8 Å². The predicted octanol–water partition coefficient (Wildman–Crippen LogP) is 0.763. The van der Waals surface area contributed by atoms with Gasteiger partial charge in [-0.15, -0.1) is 0 Å². The number of hydrogen-bond acceptors (Lipinski definition) is 6. The van der Waals surface area contributed by atoms with Crippen molar-refractivity contribution in [2.75, 3.05) is 47.5 Å². The molecule has 0 aromatic heterocycles. The number of rotatable bonds is 3. The van der Waals surface area contributed by atoms with Crippen LogP contribution in [-0.4, -0.2) is 63.5 Å². The standard InChI is InChI=1S/C16H18F2N2O5S/c17-13-1-11(20-5-12(6-21)25-16(20)22)2-14(18)15(13)19-3-9-7-26(23,24)8-10(9)4-19/h1-2,9-10,12,21H,3-8H2/t9?,10?,12-/m1/s1. The molecule has 3 fully saturated rings.